The van der Waals surface area contributed by atoms with Crippen LogP contribution in [0.3, 0.4) is 0 Å². The smallest absolute Gasteiger partial charge is 0.416 e. The van der Waals surface area contributed by atoms with Gasteiger partial charge in [0.05, 0.1) is 0 Å². The van der Waals surface area contributed by atoms with E-state index in [1.54, 1.807) is 6.20 Å². The fourth-order valence-electron chi connectivity index (χ4n) is 4.42. The van der Waals surface area contributed by atoms with E-state index in [2.05, 4.69) is 41.3 Å². The number of hydrogen-bond donors (Lipinski definition) is 0. The average Bonchev–Trinajstić information content (AvgIpc) is 3.12. The van der Waals surface area contributed by atoms with Crippen LogP contribution < -0.4 is 4.90 Å². The van der Waals surface area contributed by atoms with E-state index < -0.39 is 5.60 Å². The number of hydrogen-bond acceptors (Lipinski definition) is 4. The molecule has 1 unspecified atom stereocenters. The summed E-state index contributed by atoms with van der Waals surface area (Å²) in [6.07, 6.45) is 6.92. The number of pyridine rings is 1. The van der Waals surface area contributed by atoms with Crippen LogP contribution in [0.25, 0.3) is 0 Å². The first-order valence-corrected chi connectivity index (χ1v) is 11.2. The van der Waals surface area contributed by atoms with Crippen molar-refractivity contribution in [3.8, 4) is 0 Å². The zero-order chi connectivity index (χ0) is 21.1. The number of carbonyl (C=O) groups is 1. The molecule has 1 saturated carbocycles. The van der Waals surface area contributed by atoms with Gasteiger partial charge in [0.2, 0.25) is 0 Å². The van der Waals surface area contributed by atoms with E-state index in [9.17, 15) is 4.79 Å². The van der Waals surface area contributed by atoms with E-state index in [4.69, 9.17) is 9.72 Å². The topological polar surface area (TPSA) is 45.7 Å². The summed E-state index contributed by atoms with van der Waals surface area (Å²) < 4.78 is 5.78. The van der Waals surface area contributed by atoms with Gasteiger partial charge in [-0.3, -0.25) is 9.80 Å². The van der Waals surface area contributed by atoms with Crippen LogP contribution in [0.1, 0.15) is 70.0 Å². The molecule has 5 heteroatoms. The van der Waals surface area contributed by atoms with Gasteiger partial charge in [0.1, 0.15) is 11.4 Å². The largest absolute Gasteiger partial charge is 0.443 e. The van der Waals surface area contributed by atoms with Crippen molar-refractivity contribution in [3.63, 3.8) is 0 Å². The number of nitrogens with zero attached hydrogens (tertiary/aromatic N) is 3. The third-order valence-electron chi connectivity index (χ3n) is 6.03. The number of carbonyl (C=O) groups excluding carboxylic acids is 1. The molecule has 1 atom stereocenters. The molecule has 1 aliphatic heterocycles. The SMILES string of the molecule is CC(C)(C)OC(=O)N(c1ncccc1C1CCCN1Cc1ccccc1)C1CCC1. The van der Waals surface area contributed by atoms with Gasteiger partial charge in [-0.1, -0.05) is 36.4 Å². The number of anilines is 1. The molecule has 1 aliphatic carbocycles. The fraction of sp³-hybridized carbons (Fsp3) is 0.520. The first kappa shape index (κ1) is 20.9. The van der Waals surface area contributed by atoms with Gasteiger partial charge in [-0.25, -0.2) is 9.78 Å². The van der Waals surface area contributed by atoms with E-state index >= 15 is 0 Å². The molecule has 160 valence electrons. The highest BCUT2D eigenvalue weighted by atomic mass is 16.6. The molecule has 0 N–H and O–H groups in total. The molecule has 0 bridgehead atoms. The molecule has 1 saturated heterocycles. The highest BCUT2D eigenvalue weighted by Crippen LogP contribution is 2.40. The van der Waals surface area contributed by atoms with Crippen LogP contribution in [0, 0.1) is 0 Å². The average molecular weight is 408 g/mol. The Labute approximate surface area is 180 Å². The summed E-state index contributed by atoms with van der Waals surface area (Å²) in [5, 5.41) is 0. The van der Waals surface area contributed by atoms with Gasteiger partial charge in [-0.2, -0.15) is 0 Å². The summed E-state index contributed by atoms with van der Waals surface area (Å²) in [5.41, 5.74) is 1.93. The van der Waals surface area contributed by atoms with Gasteiger partial charge in [0.15, 0.2) is 0 Å². The molecule has 0 spiro atoms. The summed E-state index contributed by atoms with van der Waals surface area (Å²) in [4.78, 5) is 22.3. The van der Waals surface area contributed by atoms with Gasteiger partial charge in [0, 0.05) is 30.4 Å². The third-order valence-corrected chi connectivity index (χ3v) is 6.03. The Morgan fingerprint density at radius 1 is 1.10 bits per heavy atom. The second-order valence-electron chi connectivity index (χ2n) is 9.47. The molecular formula is C25H33N3O2. The van der Waals surface area contributed by atoms with Gasteiger partial charge >= 0.3 is 6.09 Å². The molecule has 2 aromatic rings. The molecule has 2 aliphatic rings. The van der Waals surface area contributed by atoms with Crippen LogP contribution in [-0.2, 0) is 11.3 Å². The lowest BCUT2D eigenvalue weighted by Crippen LogP contribution is -2.48. The van der Waals surface area contributed by atoms with Crippen molar-refractivity contribution in [2.45, 2.75) is 77.1 Å². The predicted octanol–water partition coefficient (Wildman–Crippen LogP) is 5.71. The van der Waals surface area contributed by atoms with Crippen molar-refractivity contribution in [3.05, 3.63) is 59.8 Å². The molecule has 2 fully saturated rings. The van der Waals surface area contributed by atoms with Crippen molar-refractivity contribution in [2.75, 3.05) is 11.4 Å². The Kier molecular flexibility index (Phi) is 6.09. The minimum Gasteiger partial charge on any atom is -0.443 e. The summed E-state index contributed by atoms with van der Waals surface area (Å²) in [6, 6.07) is 15.2. The maximum atomic E-state index is 13.2. The number of benzene rings is 1. The van der Waals surface area contributed by atoms with Crippen LogP contribution in [0.4, 0.5) is 10.6 Å². The minimum absolute atomic E-state index is 0.178. The Balaban J connectivity index is 1.64. The fourth-order valence-corrected chi connectivity index (χ4v) is 4.42. The Morgan fingerprint density at radius 2 is 1.87 bits per heavy atom. The van der Waals surface area contributed by atoms with Crippen molar-refractivity contribution < 1.29 is 9.53 Å². The summed E-state index contributed by atoms with van der Waals surface area (Å²) in [5.74, 6) is 0.779. The van der Waals surface area contributed by atoms with Crippen LogP contribution in [-0.4, -0.2) is 34.2 Å². The minimum atomic E-state index is -0.527. The molecule has 1 aromatic carbocycles. The first-order chi connectivity index (χ1) is 14.4. The summed E-state index contributed by atoms with van der Waals surface area (Å²) in [6.45, 7) is 7.73. The van der Waals surface area contributed by atoms with E-state index in [0.717, 1.165) is 56.6 Å². The molecule has 5 nitrogen and oxygen atoms in total. The molecule has 30 heavy (non-hydrogen) atoms. The van der Waals surface area contributed by atoms with Crippen LogP contribution >= 0.6 is 0 Å². The van der Waals surface area contributed by atoms with Crippen molar-refractivity contribution in [1.82, 2.24) is 9.88 Å². The van der Waals surface area contributed by atoms with Crippen LogP contribution in [0.15, 0.2) is 48.7 Å². The summed E-state index contributed by atoms with van der Waals surface area (Å²) in [7, 11) is 0. The van der Waals surface area contributed by atoms with E-state index in [0.29, 0.717) is 0 Å². The molecule has 2 heterocycles. The van der Waals surface area contributed by atoms with Crippen molar-refractivity contribution in [2.24, 2.45) is 0 Å². The number of aromatic nitrogens is 1. The monoisotopic (exact) mass is 407 g/mol. The van der Waals surface area contributed by atoms with E-state index in [1.807, 2.05) is 31.7 Å². The maximum absolute atomic E-state index is 13.2. The Bertz CT molecular complexity index is 858. The molecule has 1 amide bonds. The molecule has 0 radical (unpaired) electrons. The van der Waals surface area contributed by atoms with Gasteiger partial charge in [0.25, 0.3) is 0 Å². The number of ether oxygens (including phenoxy) is 1. The van der Waals surface area contributed by atoms with Crippen LogP contribution in [0.5, 0.6) is 0 Å². The maximum Gasteiger partial charge on any atom is 0.416 e. The van der Waals surface area contributed by atoms with Gasteiger partial charge < -0.3 is 4.74 Å². The lowest BCUT2D eigenvalue weighted by atomic mass is 9.91. The van der Waals surface area contributed by atoms with E-state index in [-0.39, 0.29) is 18.2 Å². The van der Waals surface area contributed by atoms with Crippen molar-refractivity contribution >= 4 is 11.9 Å². The summed E-state index contributed by atoms with van der Waals surface area (Å²) >= 11 is 0. The third kappa shape index (κ3) is 4.67. The Hall–Kier alpha value is -2.40. The predicted molar refractivity (Wildman–Crippen MR) is 119 cm³/mol. The second kappa shape index (κ2) is 8.76. The number of likely N-dealkylation sites (tertiary alicyclic amines) is 1. The Morgan fingerprint density at radius 3 is 2.53 bits per heavy atom. The quantitative estimate of drug-likeness (QED) is 0.637. The molecule has 1 aromatic heterocycles. The normalized spacial score (nSPS) is 20.0. The van der Waals surface area contributed by atoms with E-state index in [1.165, 1.54) is 5.56 Å². The van der Waals surface area contributed by atoms with Gasteiger partial charge in [-0.15, -0.1) is 0 Å². The molecular weight excluding hydrogens is 374 g/mol. The lowest BCUT2D eigenvalue weighted by Gasteiger charge is -2.39. The molecule has 4 rings (SSSR count). The van der Waals surface area contributed by atoms with Gasteiger partial charge in [-0.05, 0) is 71.0 Å². The zero-order valence-electron chi connectivity index (χ0n) is 18.4. The number of rotatable bonds is 5. The van der Waals surface area contributed by atoms with Crippen LogP contribution in [0.2, 0.25) is 0 Å². The van der Waals surface area contributed by atoms with Crippen molar-refractivity contribution in [1.29, 1.82) is 0 Å². The second-order valence-corrected chi connectivity index (χ2v) is 9.47. The standard InChI is InChI=1S/C25H33N3O2/c1-25(2,3)30-24(29)28(20-12-7-13-20)23-21(14-8-16-26-23)22-15-9-17-27(22)18-19-10-5-4-6-11-19/h4-6,8,10-11,14,16,20,22H,7,9,12-13,15,17-18H2,1-3H3. The zero-order valence-corrected chi connectivity index (χ0v) is 18.4. The highest BCUT2D eigenvalue weighted by molar-refractivity contribution is 5.88. The number of amides is 1. The first-order valence-electron chi connectivity index (χ1n) is 11.2. The lowest BCUT2D eigenvalue weighted by molar-refractivity contribution is 0.0547. The highest BCUT2D eigenvalue weighted by Gasteiger charge is 2.37.